The second kappa shape index (κ2) is 5.33. The lowest BCUT2D eigenvalue weighted by Gasteiger charge is -2.24. The van der Waals surface area contributed by atoms with Crippen LogP contribution in [0.15, 0.2) is 34.2 Å². The molecule has 1 aliphatic heterocycles. The molecule has 2 N–H and O–H groups in total. The molecule has 1 aromatic heterocycles. The average Bonchev–Trinajstić information content (AvgIpc) is 2.46. The van der Waals surface area contributed by atoms with E-state index in [9.17, 15) is 14.0 Å². The van der Waals surface area contributed by atoms with E-state index in [1.54, 1.807) is 24.5 Å². The summed E-state index contributed by atoms with van der Waals surface area (Å²) in [5, 5.41) is 3.00. The summed E-state index contributed by atoms with van der Waals surface area (Å²) in [6, 6.07) is 6.16. The van der Waals surface area contributed by atoms with Crippen LogP contribution in [0.1, 0.15) is 23.5 Å². The summed E-state index contributed by atoms with van der Waals surface area (Å²) in [5.74, 6) is -1.12. The van der Waals surface area contributed by atoms with Gasteiger partial charge in [-0.2, -0.15) is 0 Å². The summed E-state index contributed by atoms with van der Waals surface area (Å²) in [6.45, 7) is 0. The van der Waals surface area contributed by atoms with E-state index in [1.807, 2.05) is 0 Å². The number of rotatable bonds is 2. The Morgan fingerprint density at radius 1 is 1.33 bits per heavy atom. The minimum absolute atomic E-state index is 0.0251. The summed E-state index contributed by atoms with van der Waals surface area (Å²) in [7, 11) is 0. The Morgan fingerprint density at radius 3 is 2.81 bits per heavy atom. The number of aromatic nitrogens is 2. The normalized spacial score (nSPS) is 17.2. The third-order valence-corrected chi connectivity index (χ3v) is 3.98. The van der Waals surface area contributed by atoms with Gasteiger partial charge in [0.1, 0.15) is 11.6 Å². The summed E-state index contributed by atoms with van der Waals surface area (Å²) < 4.78 is 14.0. The molecule has 1 amide bonds. The van der Waals surface area contributed by atoms with Gasteiger partial charge < -0.3 is 10.3 Å². The zero-order valence-corrected chi connectivity index (χ0v) is 12.0. The number of fused-ring (bicyclic) bond motifs is 1. The highest BCUT2D eigenvalue weighted by Gasteiger charge is 2.32. The maximum absolute atomic E-state index is 14.0. The molecule has 108 valence electrons. The van der Waals surface area contributed by atoms with Gasteiger partial charge in [-0.1, -0.05) is 30.0 Å². The first-order valence-electron chi connectivity index (χ1n) is 6.32. The van der Waals surface area contributed by atoms with Crippen molar-refractivity contribution in [1.29, 1.82) is 0 Å². The van der Waals surface area contributed by atoms with Crippen LogP contribution in [0.4, 0.5) is 10.2 Å². The van der Waals surface area contributed by atoms with Crippen LogP contribution in [0.2, 0.25) is 0 Å². The number of carbonyl (C=O) groups excluding carboxylic acids is 1. The van der Waals surface area contributed by atoms with Gasteiger partial charge in [0.2, 0.25) is 5.91 Å². The molecule has 0 saturated carbocycles. The van der Waals surface area contributed by atoms with Crippen molar-refractivity contribution in [3.63, 3.8) is 0 Å². The van der Waals surface area contributed by atoms with Crippen molar-refractivity contribution < 1.29 is 9.18 Å². The van der Waals surface area contributed by atoms with Crippen LogP contribution in [0.25, 0.3) is 0 Å². The second-order valence-electron chi connectivity index (χ2n) is 4.66. The second-order valence-corrected chi connectivity index (χ2v) is 5.46. The topological polar surface area (TPSA) is 74.8 Å². The Labute approximate surface area is 124 Å². The number of amides is 1. The van der Waals surface area contributed by atoms with Gasteiger partial charge >= 0.3 is 0 Å². The Kier molecular flexibility index (Phi) is 3.50. The third kappa shape index (κ3) is 2.44. The van der Waals surface area contributed by atoms with Gasteiger partial charge in [-0.15, -0.1) is 0 Å². The molecule has 0 bridgehead atoms. The van der Waals surface area contributed by atoms with Gasteiger partial charge in [0.15, 0.2) is 5.16 Å². The number of thioether (sulfide) groups is 1. The molecule has 7 heteroatoms. The number of anilines is 1. The molecule has 0 spiro atoms. The van der Waals surface area contributed by atoms with Gasteiger partial charge in [0, 0.05) is 12.3 Å². The molecule has 0 fully saturated rings. The Balaban J connectivity index is 2.21. The van der Waals surface area contributed by atoms with Crippen molar-refractivity contribution in [2.45, 2.75) is 17.5 Å². The minimum atomic E-state index is -0.623. The summed E-state index contributed by atoms with van der Waals surface area (Å²) in [4.78, 5) is 30.9. The van der Waals surface area contributed by atoms with Crippen LogP contribution in [-0.2, 0) is 4.79 Å². The highest BCUT2D eigenvalue weighted by atomic mass is 32.2. The fraction of sp³-hybridized carbons (Fsp3) is 0.214. The number of aromatic amines is 1. The van der Waals surface area contributed by atoms with Gasteiger partial charge in [-0.3, -0.25) is 9.59 Å². The molecule has 1 aliphatic rings. The lowest BCUT2D eigenvalue weighted by molar-refractivity contribution is -0.116. The molecule has 1 aromatic carbocycles. The quantitative estimate of drug-likeness (QED) is 0.658. The smallest absolute Gasteiger partial charge is 0.257 e. The molecule has 3 rings (SSSR count). The number of H-pyrrole nitrogens is 1. The number of carbonyl (C=O) groups is 1. The van der Waals surface area contributed by atoms with Crippen molar-refractivity contribution in [2.75, 3.05) is 11.6 Å². The van der Waals surface area contributed by atoms with Crippen LogP contribution in [0, 0.1) is 5.82 Å². The van der Waals surface area contributed by atoms with Gasteiger partial charge in [0.05, 0.1) is 5.56 Å². The molecular formula is C14H12FN3O2S. The molecule has 0 aliphatic carbocycles. The Morgan fingerprint density at radius 2 is 2.10 bits per heavy atom. The van der Waals surface area contributed by atoms with Crippen LogP contribution in [0.5, 0.6) is 0 Å². The van der Waals surface area contributed by atoms with E-state index in [2.05, 4.69) is 15.3 Å². The van der Waals surface area contributed by atoms with E-state index in [0.717, 1.165) is 0 Å². The molecule has 1 unspecified atom stereocenters. The Hall–Kier alpha value is -2.15. The molecule has 1 atom stereocenters. The van der Waals surface area contributed by atoms with Crippen molar-refractivity contribution in [1.82, 2.24) is 9.97 Å². The van der Waals surface area contributed by atoms with Gasteiger partial charge in [0.25, 0.3) is 5.56 Å². The first-order valence-corrected chi connectivity index (χ1v) is 7.55. The summed E-state index contributed by atoms with van der Waals surface area (Å²) in [5.41, 5.74) is 0.285. The molecule has 21 heavy (non-hydrogen) atoms. The van der Waals surface area contributed by atoms with E-state index in [4.69, 9.17) is 0 Å². The third-order valence-electron chi connectivity index (χ3n) is 3.40. The Bertz CT molecular complexity index is 775. The fourth-order valence-corrected chi connectivity index (χ4v) is 2.85. The summed E-state index contributed by atoms with van der Waals surface area (Å²) in [6.07, 6.45) is 1.79. The number of benzene rings is 1. The number of nitrogens with one attached hydrogen (secondary N) is 2. The van der Waals surface area contributed by atoms with Crippen molar-refractivity contribution in [3.8, 4) is 0 Å². The van der Waals surface area contributed by atoms with Gasteiger partial charge in [-0.05, 0) is 17.9 Å². The molecule has 0 saturated heterocycles. The number of hydrogen-bond acceptors (Lipinski definition) is 4. The van der Waals surface area contributed by atoms with Crippen LogP contribution in [-0.4, -0.2) is 22.1 Å². The first kappa shape index (κ1) is 13.8. The molecule has 2 heterocycles. The average molecular weight is 305 g/mol. The predicted octanol–water partition coefficient (Wildman–Crippen LogP) is 2.10. The van der Waals surface area contributed by atoms with Crippen LogP contribution >= 0.6 is 11.8 Å². The maximum Gasteiger partial charge on any atom is 0.257 e. The van der Waals surface area contributed by atoms with Crippen molar-refractivity contribution in [3.05, 3.63) is 51.6 Å². The predicted molar refractivity (Wildman–Crippen MR) is 78.1 cm³/mol. The molecule has 2 aromatic rings. The van der Waals surface area contributed by atoms with Crippen molar-refractivity contribution in [2.24, 2.45) is 0 Å². The van der Waals surface area contributed by atoms with E-state index >= 15 is 0 Å². The highest BCUT2D eigenvalue weighted by Crippen LogP contribution is 2.35. The monoisotopic (exact) mass is 305 g/mol. The highest BCUT2D eigenvalue weighted by molar-refractivity contribution is 7.98. The standard InChI is InChI=1S/C14H12FN3O2S/c1-21-14-17-12-11(13(20)18-14)8(6-10(19)16-12)7-4-2-3-5-9(7)15/h2-5,8H,6H2,1H3,(H2,16,17,18,19,20). The lowest BCUT2D eigenvalue weighted by Crippen LogP contribution is -2.31. The van der Waals surface area contributed by atoms with Gasteiger partial charge in [-0.25, -0.2) is 9.37 Å². The van der Waals surface area contributed by atoms with E-state index in [1.165, 1.54) is 17.8 Å². The number of hydrogen-bond donors (Lipinski definition) is 2. The van der Waals surface area contributed by atoms with Crippen LogP contribution in [0.3, 0.4) is 0 Å². The maximum atomic E-state index is 14.0. The first-order chi connectivity index (χ1) is 10.1. The van der Waals surface area contributed by atoms with E-state index in [0.29, 0.717) is 16.3 Å². The summed E-state index contributed by atoms with van der Waals surface area (Å²) >= 11 is 1.27. The van der Waals surface area contributed by atoms with E-state index in [-0.39, 0.29) is 23.7 Å². The number of nitrogens with zero attached hydrogens (tertiary/aromatic N) is 1. The molecule has 0 radical (unpaired) electrons. The molecular weight excluding hydrogens is 293 g/mol. The minimum Gasteiger partial charge on any atom is -0.310 e. The number of halogens is 1. The largest absolute Gasteiger partial charge is 0.310 e. The lowest BCUT2D eigenvalue weighted by atomic mass is 9.86. The zero-order valence-electron chi connectivity index (χ0n) is 11.1. The molecule has 5 nitrogen and oxygen atoms in total. The SMILES string of the molecule is CSc1nc2c(c(=O)[nH]1)C(c1ccccc1F)CC(=O)N2. The van der Waals surface area contributed by atoms with Crippen LogP contribution < -0.4 is 10.9 Å². The zero-order chi connectivity index (χ0) is 15.0. The van der Waals surface area contributed by atoms with Crippen molar-refractivity contribution >= 4 is 23.5 Å². The fourth-order valence-electron chi connectivity index (χ4n) is 2.47. The van der Waals surface area contributed by atoms with E-state index < -0.39 is 11.7 Å².